The number of primary amides is 1. The second-order valence-corrected chi connectivity index (χ2v) is 7.78. The number of fused-ring (bicyclic) bond motifs is 1. The number of aryl methyl sites for hydroxylation is 2. The van der Waals surface area contributed by atoms with Gasteiger partial charge in [0.15, 0.2) is 5.13 Å². The fraction of sp³-hybridized carbons (Fsp3) is 0.200. The van der Waals surface area contributed by atoms with Gasteiger partial charge in [-0.25, -0.2) is 4.98 Å². The Labute approximate surface area is 165 Å². The highest BCUT2D eigenvalue weighted by Crippen LogP contribution is 2.30. The topological polar surface area (TPSA) is 101 Å². The maximum Gasteiger partial charge on any atom is 0.273 e. The molecule has 1 aliphatic heterocycles. The van der Waals surface area contributed by atoms with E-state index in [4.69, 9.17) is 5.73 Å². The number of hydrogen-bond donors (Lipinski definition) is 2. The molecular formula is C20H19N5O2S. The van der Waals surface area contributed by atoms with Crippen LogP contribution in [0.1, 0.15) is 17.5 Å². The molecule has 8 heteroatoms. The van der Waals surface area contributed by atoms with Crippen LogP contribution in [0.15, 0.2) is 47.6 Å². The second-order valence-electron chi connectivity index (χ2n) is 6.75. The van der Waals surface area contributed by atoms with Crippen molar-refractivity contribution in [3.63, 3.8) is 0 Å². The molecule has 0 bridgehead atoms. The zero-order valence-corrected chi connectivity index (χ0v) is 16.3. The molecular weight excluding hydrogens is 374 g/mol. The van der Waals surface area contributed by atoms with Gasteiger partial charge in [0.25, 0.3) is 5.91 Å². The van der Waals surface area contributed by atoms with Crippen molar-refractivity contribution in [1.29, 1.82) is 0 Å². The predicted octanol–water partition coefficient (Wildman–Crippen LogP) is 2.97. The first kappa shape index (κ1) is 18.1. The van der Waals surface area contributed by atoms with Gasteiger partial charge >= 0.3 is 0 Å². The number of amides is 2. The lowest BCUT2D eigenvalue weighted by atomic mass is 10.1. The molecule has 0 spiro atoms. The number of nitrogens with two attached hydrogens (primary N) is 1. The molecule has 1 aromatic heterocycles. The van der Waals surface area contributed by atoms with Gasteiger partial charge in [-0.3, -0.25) is 19.9 Å². The number of carbonyl (C=O) groups is 2. The second kappa shape index (κ2) is 7.05. The standard InChI is InChI=1S/C20H19N5O2S/c1-11-8-12(2)17-16(9-11)28-20(22-17)23-19(27)14-10-15(18(21)26)25(24-14)13-6-4-3-5-7-13/h3-9,15H,10H2,1-2H3,(H2,21,26)(H,22,23,27). The summed E-state index contributed by atoms with van der Waals surface area (Å²) in [4.78, 5) is 29.1. The minimum atomic E-state index is -0.691. The zero-order chi connectivity index (χ0) is 19.8. The molecule has 142 valence electrons. The fourth-order valence-corrected chi connectivity index (χ4v) is 4.32. The Morgan fingerprint density at radius 3 is 2.68 bits per heavy atom. The van der Waals surface area contributed by atoms with Crippen molar-refractivity contribution in [2.45, 2.75) is 26.3 Å². The van der Waals surface area contributed by atoms with E-state index in [1.807, 2.05) is 50.2 Å². The Hall–Kier alpha value is -3.26. The number of para-hydroxylation sites is 1. The van der Waals surface area contributed by atoms with Gasteiger partial charge in [-0.05, 0) is 43.2 Å². The molecule has 28 heavy (non-hydrogen) atoms. The van der Waals surface area contributed by atoms with Crippen LogP contribution in [0, 0.1) is 13.8 Å². The molecule has 0 aliphatic carbocycles. The molecule has 3 N–H and O–H groups in total. The maximum atomic E-state index is 12.7. The number of nitrogens with one attached hydrogen (secondary N) is 1. The largest absolute Gasteiger partial charge is 0.368 e. The molecule has 0 fully saturated rings. The molecule has 2 aromatic carbocycles. The molecule has 0 saturated carbocycles. The monoisotopic (exact) mass is 393 g/mol. The van der Waals surface area contributed by atoms with Crippen LogP contribution in [0.5, 0.6) is 0 Å². The van der Waals surface area contributed by atoms with Crippen molar-refractivity contribution in [2.75, 3.05) is 10.3 Å². The molecule has 2 heterocycles. The highest BCUT2D eigenvalue weighted by atomic mass is 32.1. The summed E-state index contributed by atoms with van der Waals surface area (Å²) in [7, 11) is 0. The van der Waals surface area contributed by atoms with E-state index < -0.39 is 11.9 Å². The highest BCUT2D eigenvalue weighted by molar-refractivity contribution is 7.22. The summed E-state index contributed by atoms with van der Waals surface area (Å²) >= 11 is 1.41. The first-order valence-corrected chi connectivity index (χ1v) is 9.64. The van der Waals surface area contributed by atoms with Gasteiger partial charge in [0, 0.05) is 6.42 Å². The lowest BCUT2D eigenvalue weighted by Crippen LogP contribution is -2.39. The average molecular weight is 393 g/mol. The summed E-state index contributed by atoms with van der Waals surface area (Å²) in [5.41, 5.74) is 9.57. The summed E-state index contributed by atoms with van der Waals surface area (Å²) in [6.45, 7) is 4.02. The SMILES string of the molecule is Cc1cc(C)c2nc(NC(=O)C3=NN(c4ccccc4)C(C(N)=O)C3)sc2c1. The van der Waals surface area contributed by atoms with Gasteiger partial charge in [0.2, 0.25) is 5.91 Å². The van der Waals surface area contributed by atoms with E-state index >= 15 is 0 Å². The van der Waals surface area contributed by atoms with Gasteiger partial charge < -0.3 is 5.73 Å². The Morgan fingerprint density at radius 2 is 1.96 bits per heavy atom. The van der Waals surface area contributed by atoms with Crippen LogP contribution >= 0.6 is 11.3 Å². The molecule has 1 aliphatic rings. The number of thiazole rings is 1. The Kier molecular flexibility index (Phi) is 4.56. The Bertz CT molecular complexity index is 1110. The van der Waals surface area contributed by atoms with Crippen LogP contribution < -0.4 is 16.1 Å². The summed E-state index contributed by atoms with van der Waals surface area (Å²) in [5.74, 6) is -0.903. The van der Waals surface area contributed by atoms with E-state index in [-0.39, 0.29) is 18.0 Å². The van der Waals surface area contributed by atoms with Crippen LogP contribution in [0.4, 0.5) is 10.8 Å². The molecule has 0 saturated heterocycles. The van der Waals surface area contributed by atoms with Gasteiger partial charge in [0.1, 0.15) is 11.8 Å². The Morgan fingerprint density at radius 1 is 1.21 bits per heavy atom. The number of carbonyl (C=O) groups excluding carboxylic acids is 2. The van der Waals surface area contributed by atoms with Crippen molar-refractivity contribution < 1.29 is 9.59 Å². The van der Waals surface area contributed by atoms with Crippen LogP contribution in [0.25, 0.3) is 10.2 Å². The van der Waals surface area contributed by atoms with E-state index in [0.29, 0.717) is 10.8 Å². The normalized spacial score (nSPS) is 16.3. The highest BCUT2D eigenvalue weighted by Gasteiger charge is 2.35. The average Bonchev–Trinajstić information content (AvgIpc) is 3.27. The van der Waals surface area contributed by atoms with Crippen LogP contribution in [-0.4, -0.2) is 28.6 Å². The first-order chi connectivity index (χ1) is 13.4. The quantitative estimate of drug-likeness (QED) is 0.711. The minimum absolute atomic E-state index is 0.152. The first-order valence-electron chi connectivity index (χ1n) is 8.82. The molecule has 4 rings (SSSR count). The van der Waals surface area contributed by atoms with Gasteiger partial charge in [-0.15, -0.1) is 0 Å². The molecule has 2 amide bonds. The van der Waals surface area contributed by atoms with Crippen molar-refractivity contribution in [3.05, 3.63) is 53.6 Å². The molecule has 3 aromatic rings. The summed E-state index contributed by atoms with van der Waals surface area (Å²) in [6, 6.07) is 12.6. The molecule has 1 atom stereocenters. The van der Waals surface area contributed by atoms with Crippen LogP contribution in [-0.2, 0) is 9.59 Å². The summed E-state index contributed by atoms with van der Waals surface area (Å²) in [5, 5.41) is 9.17. The van der Waals surface area contributed by atoms with E-state index in [0.717, 1.165) is 21.3 Å². The maximum absolute atomic E-state index is 12.7. The summed E-state index contributed by atoms with van der Waals surface area (Å²) < 4.78 is 1.02. The van der Waals surface area contributed by atoms with E-state index in [1.54, 1.807) is 0 Å². The molecule has 1 unspecified atom stereocenters. The number of hydrogen-bond acceptors (Lipinski definition) is 6. The molecule has 0 radical (unpaired) electrons. The number of nitrogens with zero attached hydrogens (tertiary/aromatic N) is 3. The number of rotatable bonds is 4. The van der Waals surface area contributed by atoms with Gasteiger partial charge in [-0.1, -0.05) is 35.6 Å². The predicted molar refractivity (Wildman–Crippen MR) is 112 cm³/mol. The number of anilines is 2. The van der Waals surface area contributed by atoms with E-state index in [9.17, 15) is 9.59 Å². The van der Waals surface area contributed by atoms with Crippen LogP contribution in [0.3, 0.4) is 0 Å². The third-order valence-corrected chi connectivity index (χ3v) is 5.49. The minimum Gasteiger partial charge on any atom is -0.368 e. The third kappa shape index (κ3) is 3.34. The molecule has 7 nitrogen and oxygen atoms in total. The summed E-state index contributed by atoms with van der Waals surface area (Å²) in [6.07, 6.45) is 0.152. The van der Waals surface area contributed by atoms with Gasteiger partial charge in [0.05, 0.1) is 15.9 Å². The van der Waals surface area contributed by atoms with E-state index in [1.165, 1.54) is 16.3 Å². The third-order valence-electron chi connectivity index (χ3n) is 4.57. The van der Waals surface area contributed by atoms with Crippen molar-refractivity contribution in [3.8, 4) is 0 Å². The number of hydrazone groups is 1. The number of benzene rings is 2. The smallest absolute Gasteiger partial charge is 0.273 e. The van der Waals surface area contributed by atoms with Crippen molar-refractivity contribution >= 4 is 49.9 Å². The zero-order valence-electron chi connectivity index (χ0n) is 15.5. The van der Waals surface area contributed by atoms with Crippen molar-refractivity contribution in [1.82, 2.24) is 4.98 Å². The lowest BCUT2D eigenvalue weighted by molar-refractivity contribution is -0.119. The number of aromatic nitrogens is 1. The van der Waals surface area contributed by atoms with Crippen molar-refractivity contribution in [2.24, 2.45) is 10.8 Å². The Balaban J connectivity index is 1.59. The van der Waals surface area contributed by atoms with Gasteiger partial charge in [-0.2, -0.15) is 5.10 Å². The fourth-order valence-electron chi connectivity index (χ4n) is 3.28. The van der Waals surface area contributed by atoms with Crippen LogP contribution in [0.2, 0.25) is 0 Å². The van der Waals surface area contributed by atoms with E-state index in [2.05, 4.69) is 21.5 Å². The lowest BCUT2D eigenvalue weighted by Gasteiger charge is -2.20.